The van der Waals surface area contributed by atoms with E-state index in [-0.39, 0.29) is 0 Å². The van der Waals surface area contributed by atoms with Crippen LogP contribution in [0.4, 0.5) is 5.69 Å². The second-order valence-electron chi connectivity index (χ2n) is 7.40. The molecule has 1 N–H and O–H groups in total. The van der Waals surface area contributed by atoms with Crippen LogP contribution in [-0.2, 0) is 6.54 Å². The molecule has 2 aromatic carbocycles. The van der Waals surface area contributed by atoms with E-state index in [1.54, 1.807) is 0 Å². The van der Waals surface area contributed by atoms with E-state index in [4.69, 9.17) is 0 Å². The molecular weight excluding hydrogens is 326 g/mol. The van der Waals surface area contributed by atoms with Crippen LogP contribution >= 0.6 is 0 Å². The molecule has 0 saturated carbocycles. The van der Waals surface area contributed by atoms with E-state index < -0.39 is 0 Å². The van der Waals surface area contributed by atoms with E-state index in [0.717, 1.165) is 13.0 Å². The Balaban J connectivity index is 0.000000596. The van der Waals surface area contributed by atoms with E-state index in [1.807, 2.05) is 0 Å². The third-order valence-electron chi connectivity index (χ3n) is 5.06. The largest absolute Gasteiger partial charge is 0.380 e. The van der Waals surface area contributed by atoms with Crippen LogP contribution in [0.5, 0.6) is 0 Å². The predicted molar refractivity (Wildman–Crippen MR) is 122 cm³/mol. The fourth-order valence-electron chi connectivity index (χ4n) is 3.19. The Hall–Kier alpha value is -2.28. The summed E-state index contributed by atoms with van der Waals surface area (Å²) in [6.45, 7) is 14.1. The van der Waals surface area contributed by atoms with E-state index in [2.05, 4.69) is 95.4 Å². The third kappa shape index (κ3) is 5.35. The first-order valence-corrected chi connectivity index (χ1v) is 10.3. The Bertz CT molecular complexity index is 805. The highest BCUT2D eigenvalue weighted by atomic mass is 14.9. The maximum absolute atomic E-state index is 3.40. The molecule has 1 nitrogen and oxygen atoms in total. The summed E-state index contributed by atoms with van der Waals surface area (Å²) < 4.78 is 0. The summed E-state index contributed by atoms with van der Waals surface area (Å²) in [6, 6.07) is 13.4. The highest BCUT2D eigenvalue weighted by Gasteiger charge is 2.17. The van der Waals surface area contributed by atoms with Gasteiger partial charge in [-0.25, -0.2) is 0 Å². The fourth-order valence-corrected chi connectivity index (χ4v) is 3.19. The Morgan fingerprint density at radius 1 is 1.00 bits per heavy atom. The maximum Gasteiger partial charge on any atom is 0.0423 e. The number of fused-ring (bicyclic) bond motifs is 1. The van der Waals surface area contributed by atoms with Gasteiger partial charge < -0.3 is 5.32 Å². The molecule has 27 heavy (non-hydrogen) atoms. The Morgan fingerprint density at radius 3 is 2.26 bits per heavy atom. The van der Waals surface area contributed by atoms with Gasteiger partial charge >= 0.3 is 0 Å². The van der Waals surface area contributed by atoms with E-state index >= 15 is 0 Å². The summed E-state index contributed by atoms with van der Waals surface area (Å²) in [5.74, 6) is 0. The SMILES string of the molecule is CC/C=C\C(=C(/C)c1cccc(C)c1)c1cc(C)c2c(c1)CN2.CCCC. The number of unbranched alkanes of at least 4 members (excludes halogenated alkanes) is 1. The minimum atomic E-state index is 0.984. The molecule has 0 saturated heterocycles. The topological polar surface area (TPSA) is 12.0 Å². The van der Waals surface area contributed by atoms with Crippen LogP contribution < -0.4 is 5.32 Å². The van der Waals surface area contributed by atoms with E-state index in [9.17, 15) is 0 Å². The molecule has 0 aliphatic carbocycles. The molecule has 144 valence electrons. The average Bonchev–Trinajstić information content (AvgIpc) is 2.64. The van der Waals surface area contributed by atoms with Crippen molar-refractivity contribution in [3.05, 3.63) is 76.4 Å². The van der Waals surface area contributed by atoms with Gasteiger partial charge in [-0.05, 0) is 72.7 Å². The second-order valence-corrected chi connectivity index (χ2v) is 7.40. The highest BCUT2D eigenvalue weighted by molar-refractivity contribution is 5.95. The van der Waals surface area contributed by atoms with Crippen LogP contribution in [0, 0.1) is 13.8 Å². The van der Waals surface area contributed by atoms with Crippen molar-refractivity contribution < 1.29 is 0 Å². The molecule has 0 bridgehead atoms. The fraction of sp³-hybridized carbons (Fsp3) is 0.385. The monoisotopic (exact) mass is 361 g/mol. The number of hydrogen-bond donors (Lipinski definition) is 1. The van der Waals surface area contributed by atoms with Crippen LogP contribution in [0.1, 0.15) is 74.8 Å². The molecule has 0 atom stereocenters. The first-order valence-electron chi connectivity index (χ1n) is 10.3. The van der Waals surface area contributed by atoms with E-state index in [0.29, 0.717) is 0 Å². The summed E-state index contributed by atoms with van der Waals surface area (Å²) in [5, 5.41) is 3.40. The van der Waals surface area contributed by atoms with Crippen molar-refractivity contribution in [2.24, 2.45) is 0 Å². The lowest BCUT2D eigenvalue weighted by atomic mass is 9.90. The zero-order valence-corrected chi connectivity index (χ0v) is 17.9. The normalized spacial score (nSPS) is 13.1. The highest BCUT2D eigenvalue weighted by Crippen LogP contribution is 2.35. The van der Waals surface area contributed by atoms with Crippen LogP contribution in [0.25, 0.3) is 11.1 Å². The molecular formula is C26H35N. The number of rotatable bonds is 5. The molecule has 1 aliphatic heterocycles. The minimum Gasteiger partial charge on any atom is -0.380 e. The summed E-state index contributed by atoms with van der Waals surface area (Å²) in [7, 11) is 0. The number of hydrogen-bond acceptors (Lipinski definition) is 1. The average molecular weight is 362 g/mol. The van der Waals surface area contributed by atoms with Crippen molar-refractivity contribution in [3.8, 4) is 0 Å². The van der Waals surface area contributed by atoms with Crippen molar-refractivity contribution in [2.45, 2.75) is 67.3 Å². The zero-order chi connectivity index (χ0) is 19.8. The lowest BCUT2D eigenvalue weighted by molar-refractivity contribution is 0.886. The van der Waals surface area contributed by atoms with Gasteiger partial charge in [0, 0.05) is 12.2 Å². The predicted octanol–water partition coefficient (Wildman–Crippen LogP) is 7.93. The van der Waals surface area contributed by atoms with Crippen molar-refractivity contribution >= 4 is 16.8 Å². The molecule has 0 radical (unpaired) electrons. The minimum absolute atomic E-state index is 0.984. The molecule has 3 rings (SSSR count). The van der Waals surface area contributed by atoms with Gasteiger partial charge in [0.05, 0.1) is 0 Å². The van der Waals surface area contributed by atoms with Gasteiger partial charge in [-0.15, -0.1) is 0 Å². The standard InChI is InChI=1S/C22H25N.C4H10/c1-5-6-10-21(17(4)18-9-7-8-15(2)11-18)19-12-16(3)22-20(13-19)14-23-22;1-3-4-2/h6-13,23H,5,14H2,1-4H3;3-4H2,1-2H3/b10-6-,21-17-;. The van der Waals surface area contributed by atoms with Gasteiger partial charge in [0.15, 0.2) is 0 Å². The van der Waals surface area contributed by atoms with E-state index in [1.165, 1.54) is 57.5 Å². The molecule has 0 unspecified atom stereocenters. The van der Waals surface area contributed by atoms with Crippen LogP contribution in [0.2, 0.25) is 0 Å². The lowest BCUT2D eigenvalue weighted by Gasteiger charge is -2.25. The third-order valence-corrected chi connectivity index (χ3v) is 5.06. The summed E-state index contributed by atoms with van der Waals surface area (Å²) in [5.41, 5.74) is 10.7. The summed E-state index contributed by atoms with van der Waals surface area (Å²) in [4.78, 5) is 0. The van der Waals surface area contributed by atoms with Crippen molar-refractivity contribution in [3.63, 3.8) is 0 Å². The molecule has 0 spiro atoms. The maximum atomic E-state index is 3.40. The molecule has 1 heterocycles. The molecule has 1 heteroatoms. The van der Waals surface area contributed by atoms with Crippen molar-refractivity contribution in [1.82, 2.24) is 0 Å². The van der Waals surface area contributed by atoms with Gasteiger partial charge in [0.25, 0.3) is 0 Å². The quantitative estimate of drug-likeness (QED) is 0.421. The number of benzene rings is 2. The van der Waals surface area contributed by atoms with Crippen LogP contribution in [0.15, 0.2) is 48.6 Å². The summed E-state index contributed by atoms with van der Waals surface area (Å²) in [6.07, 6.45) is 8.22. The Morgan fingerprint density at radius 2 is 1.74 bits per heavy atom. The molecule has 0 fully saturated rings. The van der Waals surface area contributed by atoms with Gasteiger partial charge in [0.1, 0.15) is 0 Å². The number of aryl methyl sites for hydroxylation is 2. The molecule has 1 aliphatic rings. The molecule has 0 aromatic heterocycles. The first-order chi connectivity index (χ1) is 13.0. The lowest BCUT2D eigenvalue weighted by Crippen LogP contribution is -2.15. The first kappa shape index (κ1) is 21.0. The summed E-state index contributed by atoms with van der Waals surface area (Å²) >= 11 is 0. The second kappa shape index (κ2) is 10.2. The number of nitrogens with one attached hydrogen (secondary N) is 1. The van der Waals surface area contributed by atoms with Gasteiger partial charge in [-0.1, -0.05) is 75.6 Å². The van der Waals surface area contributed by atoms with Gasteiger partial charge in [-0.3, -0.25) is 0 Å². The molecule has 2 aromatic rings. The van der Waals surface area contributed by atoms with Crippen molar-refractivity contribution in [1.29, 1.82) is 0 Å². The smallest absolute Gasteiger partial charge is 0.0423 e. The van der Waals surface area contributed by atoms with Gasteiger partial charge in [0.2, 0.25) is 0 Å². The zero-order valence-electron chi connectivity index (χ0n) is 17.9. The Kier molecular flexibility index (Phi) is 7.91. The Labute approximate surface area is 166 Å². The van der Waals surface area contributed by atoms with Crippen LogP contribution in [-0.4, -0.2) is 0 Å². The van der Waals surface area contributed by atoms with Crippen molar-refractivity contribution in [2.75, 3.05) is 5.32 Å². The van der Waals surface area contributed by atoms with Crippen LogP contribution in [0.3, 0.4) is 0 Å². The molecule has 0 amide bonds. The number of anilines is 1. The number of allylic oxidation sites excluding steroid dienone is 4. The van der Waals surface area contributed by atoms with Gasteiger partial charge in [-0.2, -0.15) is 0 Å².